The van der Waals surface area contributed by atoms with Gasteiger partial charge in [0, 0.05) is 24.6 Å². The summed E-state index contributed by atoms with van der Waals surface area (Å²) in [6.07, 6.45) is 4.30. The van der Waals surface area contributed by atoms with Gasteiger partial charge in [-0.2, -0.15) is 0 Å². The summed E-state index contributed by atoms with van der Waals surface area (Å²) in [5.41, 5.74) is 0. The third-order valence-corrected chi connectivity index (χ3v) is 6.18. The summed E-state index contributed by atoms with van der Waals surface area (Å²) in [6, 6.07) is 0. The van der Waals surface area contributed by atoms with Crippen LogP contribution in [0.5, 0.6) is 0 Å². The van der Waals surface area contributed by atoms with Gasteiger partial charge >= 0.3 is 0 Å². The predicted octanol–water partition coefficient (Wildman–Crippen LogP) is 3.69. The van der Waals surface area contributed by atoms with E-state index in [2.05, 4.69) is 43.2 Å². The number of aromatic nitrogens is 4. The van der Waals surface area contributed by atoms with Crippen molar-refractivity contribution in [3.8, 4) is 0 Å². The topological polar surface area (TPSA) is 75.6 Å². The van der Waals surface area contributed by atoms with E-state index in [-0.39, 0.29) is 0 Å². The fourth-order valence-electron chi connectivity index (χ4n) is 1.36. The third kappa shape index (κ3) is 6.11. The smallest absolute Gasteiger partial charge is 0.206 e. The van der Waals surface area contributed by atoms with E-state index in [9.17, 15) is 0 Å². The van der Waals surface area contributed by atoms with Crippen LogP contribution in [0.4, 0.5) is 10.3 Å². The quantitative estimate of drug-likeness (QED) is 0.482. The number of nitrogens with zero attached hydrogens (tertiary/aromatic N) is 4. The Labute approximate surface area is 146 Å². The van der Waals surface area contributed by atoms with Crippen LogP contribution in [0.3, 0.4) is 0 Å². The molecule has 22 heavy (non-hydrogen) atoms. The van der Waals surface area contributed by atoms with E-state index in [1.165, 1.54) is 0 Å². The third-order valence-electron chi connectivity index (χ3n) is 2.24. The second-order valence-electron chi connectivity index (χ2n) is 3.90. The summed E-state index contributed by atoms with van der Waals surface area (Å²) >= 11 is 6.58. The van der Waals surface area contributed by atoms with Crippen molar-refractivity contribution in [2.24, 2.45) is 0 Å². The first-order valence-electron chi connectivity index (χ1n) is 6.87. The van der Waals surface area contributed by atoms with E-state index in [0.717, 1.165) is 43.5 Å². The Balaban J connectivity index is 1.63. The number of hydrogen-bond donors (Lipinski definition) is 2. The van der Waals surface area contributed by atoms with Crippen molar-refractivity contribution in [1.82, 2.24) is 20.4 Å². The maximum absolute atomic E-state index is 4.13. The van der Waals surface area contributed by atoms with E-state index in [4.69, 9.17) is 0 Å². The molecule has 0 atom stereocenters. The second kappa shape index (κ2) is 10.0. The summed E-state index contributed by atoms with van der Waals surface area (Å²) in [4.78, 5) is 0. The van der Waals surface area contributed by atoms with Crippen molar-refractivity contribution in [1.29, 1.82) is 0 Å². The van der Waals surface area contributed by atoms with Gasteiger partial charge in [0.15, 0.2) is 8.68 Å². The van der Waals surface area contributed by atoms with Crippen molar-refractivity contribution < 1.29 is 0 Å². The van der Waals surface area contributed by atoms with E-state index in [0.29, 0.717) is 0 Å². The van der Waals surface area contributed by atoms with Gasteiger partial charge in [-0.1, -0.05) is 58.3 Å². The van der Waals surface area contributed by atoms with Crippen LogP contribution in [0.15, 0.2) is 20.8 Å². The molecule has 0 bridgehead atoms. The average molecular weight is 375 g/mol. The molecule has 0 saturated heterocycles. The Hall–Kier alpha value is -0.840. The zero-order valence-corrected chi connectivity index (χ0v) is 15.7. The summed E-state index contributed by atoms with van der Waals surface area (Å²) in [5.74, 6) is 1.81. The molecule has 10 heteroatoms. The normalized spacial score (nSPS) is 11.2. The van der Waals surface area contributed by atoms with Gasteiger partial charge in [-0.15, -0.1) is 20.4 Å². The minimum atomic E-state index is 0.873. The molecule has 0 aliphatic rings. The van der Waals surface area contributed by atoms with Gasteiger partial charge in [0.05, 0.1) is 0 Å². The molecule has 0 saturated carbocycles. The van der Waals surface area contributed by atoms with Gasteiger partial charge in [0.25, 0.3) is 0 Å². The number of anilines is 2. The number of rotatable bonds is 10. The van der Waals surface area contributed by atoms with Crippen molar-refractivity contribution in [3.05, 3.63) is 12.2 Å². The number of thioether (sulfide) groups is 2. The molecule has 6 nitrogen and oxygen atoms in total. The lowest BCUT2D eigenvalue weighted by molar-refractivity contribution is 1.00. The highest BCUT2D eigenvalue weighted by atomic mass is 32.2. The average Bonchev–Trinajstić information content (AvgIpc) is 3.13. The van der Waals surface area contributed by atoms with Gasteiger partial charge in [0.2, 0.25) is 10.3 Å². The molecule has 0 spiro atoms. The van der Waals surface area contributed by atoms with Gasteiger partial charge in [-0.3, -0.25) is 0 Å². The van der Waals surface area contributed by atoms with Crippen molar-refractivity contribution in [2.45, 2.75) is 22.5 Å². The Morgan fingerprint density at radius 3 is 1.68 bits per heavy atom. The van der Waals surface area contributed by atoms with Crippen LogP contribution in [0, 0.1) is 0 Å². The Kier molecular flexibility index (Phi) is 7.99. The highest BCUT2D eigenvalue weighted by molar-refractivity contribution is 8.01. The molecular formula is C12H18N6S4. The molecule has 2 rings (SSSR count). The summed E-state index contributed by atoms with van der Waals surface area (Å²) in [7, 11) is 0. The predicted molar refractivity (Wildman–Crippen MR) is 98.7 cm³/mol. The van der Waals surface area contributed by atoms with Crippen molar-refractivity contribution >= 4 is 56.5 Å². The molecule has 0 aliphatic carbocycles. The molecular weight excluding hydrogens is 356 g/mol. The van der Waals surface area contributed by atoms with Crippen LogP contribution in [0.1, 0.15) is 13.8 Å². The van der Waals surface area contributed by atoms with Gasteiger partial charge in [-0.05, 0) is 13.8 Å². The lowest BCUT2D eigenvalue weighted by Crippen LogP contribution is -1.94. The molecule has 2 aromatic heterocycles. The molecule has 2 N–H and O–H groups in total. The molecule has 2 heterocycles. The Morgan fingerprint density at radius 1 is 0.818 bits per heavy atom. The van der Waals surface area contributed by atoms with E-state index < -0.39 is 0 Å². The second-order valence-corrected chi connectivity index (χ2v) is 8.39. The molecule has 0 unspecified atom stereocenters. The monoisotopic (exact) mass is 374 g/mol. The first-order valence-corrected chi connectivity index (χ1v) is 10.5. The largest absolute Gasteiger partial charge is 0.360 e. The highest BCUT2D eigenvalue weighted by Crippen LogP contribution is 2.26. The molecule has 0 radical (unpaired) electrons. The standard InChI is InChI=1S/C12H18N6S4/c1-3-13-9-15-17-11(21-9)19-7-5-6-8-20-12-18-16-10(22-12)14-4-2/h5-6H,3-4,7-8H2,1-2H3,(H,13,15)(H,14,16)/b6-5+. The molecule has 120 valence electrons. The van der Waals surface area contributed by atoms with E-state index >= 15 is 0 Å². The molecule has 0 aromatic carbocycles. The number of nitrogens with one attached hydrogen (secondary N) is 2. The molecule has 0 amide bonds. The van der Waals surface area contributed by atoms with Gasteiger partial charge < -0.3 is 10.6 Å². The molecule has 2 aromatic rings. The van der Waals surface area contributed by atoms with Crippen LogP contribution in [0.25, 0.3) is 0 Å². The highest BCUT2D eigenvalue weighted by Gasteiger charge is 2.03. The lowest BCUT2D eigenvalue weighted by Gasteiger charge is -1.92. The molecule has 0 aliphatic heterocycles. The Bertz CT molecular complexity index is 531. The van der Waals surface area contributed by atoms with Gasteiger partial charge in [0.1, 0.15) is 0 Å². The van der Waals surface area contributed by atoms with Crippen LogP contribution in [-0.2, 0) is 0 Å². The fraction of sp³-hybridized carbons (Fsp3) is 0.500. The number of hydrogen-bond acceptors (Lipinski definition) is 10. The zero-order valence-electron chi connectivity index (χ0n) is 12.4. The summed E-state index contributed by atoms with van der Waals surface area (Å²) in [6.45, 7) is 5.84. The van der Waals surface area contributed by atoms with E-state index in [1.54, 1.807) is 46.2 Å². The van der Waals surface area contributed by atoms with Crippen molar-refractivity contribution in [2.75, 3.05) is 35.2 Å². The van der Waals surface area contributed by atoms with Gasteiger partial charge in [-0.25, -0.2) is 0 Å². The summed E-state index contributed by atoms with van der Waals surface area (Å²) < 4.78 is 1.99. The lowest BCUT2D eigenvalue weighted by atomic mass is 10.6. The summed E-state index contributed by atoms with van der Waals surface area (Å²) in [5, 5.41) is 24.5. The van der Waals surface area contributed by atoms with Crippen LogP contribution < -0.4 is 10.6 Å². The van der Waals surface area contributed by atoms with Crippen LogP contribution >= 0.6 is 46.2 Å². The van der Waals surface area contributed by atoms with E-state index in [1.807, 2.05) is 13.8 Å². The van der Waals surface area contributed by atoms with Crippen molar-refractivity contribution in [3.63, 3.8) is 0 Å². The maximum Gasteiger partial charge on any atom is 0.206 e. The zero-order chi connectivity index (χ0) is 15.6. The fourth-order valence-corrected chi connectivity index (χ4v) is 4.75. The van der Waals surface area contributed by atoms with Crippen LogP contribution in [-0.4, -0.2) is 45.0 Å². The first kappa shape index (κ1) is 17.5. The first-order chi connectivity index (χ1) is 10.8. The minimum Gasteiger partial charge on any atom is -0.360 e. The Morgan fingerprint density at radius 2 is 1.27 bits per heavy atom. The SMILES string of the molecule is CCNc1nnc(SC/C=C/CSc2nnc(NCC)s2)s1. The minimum absolute atomic E-state index is 0.873. The van der Waals surface area contributed by atoms with Crippen LogP contribution in [0.2, 0.25) is 0 Å². The molecule has 0 fully saturated rings. The maximum atomic E-state index is 4.13.